The van der Waals surface area contributed by atoms with Crippen LogP contribution in [0.15, 0.2) is 101 Å². The molecule has 9 nitrogen and oxygen atoms in total. The number of para-hydroxylation sites is 1. The predicted octanol–water partition coefficient (Wildman–Crippen LogP) is 5.38. The summed E-state index contributed by atoms with van der Waals surface area (Å²) < 4.78 is 7.06. The van der Waals surface area contributed by atoms with Gasteiger partial charge in [-0.25, -0.2) is 5.43 Å². The van der Waals surface area contributed by atoms with Crippen molar-refractivity contribution in [1.82, 2.24) is 20.2 Å². The van der Waals surface area contributed by atoms with Gasteiger partial charge in [0.25, 0.3) is 5.91 Å². The first-order chi connectivity index (χ1) is 19.5. The van der Waals surface area contributed by atoms with Crippen molar-refractivity contribution in [2.45, 2.75) is 23.9 Å². The Morgan fingerprint density at radius 2 is 1.82 bits per heavy atom. The van der Waals surface area contributed by atoms with E-state index >= 15 is 0 Å². The minimum atomic E-state index is -0.503. The Hall–Kier alpha value is -4.83. The van der Waals surface area contributed by atoms with E-state index in [0.29, 0.717) is 28.8 Å². The second-order valence-electron chi connectivity index (χ2n) is 8.88. The molecule has 0 bridgehead atoms. The first-order valence-corrected chi connectivity index (χ1v) is 13.5. The highest BCUT2D eigenvalue weighted by Gasteiger charge is 2.21. The highest BCUT2D eigenvalue weighted by atomic mass is 32.2. The summed E-state index contributed by atoms with van der Waals surface area (Å²) >= 11 is 1.30. The summed E-state index contributed by atoms with van der Waals surface area (Å²) in [4.78, 5) is 12.8. The van der Waals surface area contributed by atoms with E-state index in [9.17, 15) is 9.90 Å². The topological polar surface area (TPSA) is 114 Å². The highest BCUT2D eigenvalue weighted by Crippen LogP contribution is 2.28. The third kappa shape index (κ3) is 6.08. The van der Waals surface area contributed by atoms with Gasteiger partial charge in [0.05, 0.1) is 25.1 Å². The Bertz CT molecular complexity index is 1650. The normalized spacial score (nSPS) is 11.9. The number of fused-ring (bicyclic) bond motifs is 1. The summed E-state index contributed by atoms with van der Waals surface area (Å²) in [5.41, 5.74) is 5.14. The van der Waals surface area contributed by atoms with Crippen molar-refractivity contribution in [3.8, 4) is 17.2 Å². The first-order valence-electron chi connectivity index (χ1n) is 12.6. The van der Waals surface area contributed by atoms with Crippen LogP contribution in [-0.2, 0) is 11.3 Å². The van der Waals surface area contributed by atoms with E-state index in [1.54, 1.807) is 19.1 Å². The molecule has 1 heterocycles. The minimum Gasteiger partial charge on any atom is -0.504 e. The fourth-order valence-electron chi connectivity index (χ4n) is 4.13. The summed E-state index contributed by atoms with van der Waals surface area (Å²) in [7, 11) is 1.47. The number of nitrogens with one attached hydrogen (secondary N) is 2. The Labute approximate surface area is 235 Å². The third-order valence-corrected chi connectivity index (χ3v) is 7.23. The predicted molar refractivity (Wildman–Crippen MR) is 158 cm³/mol. The van der Waals surface area contributed by atoms with Gasteiger partial charge in [0.2, 0.25) is 0 Å². The molecule has 0 unspecified atom stereocenters. The molecular weight excluding hydrogens is 524 g/mol. The summed E-state index contributed by atoms with van der Waals surface area (Å²) in [6.07, 6.45) is 1.49. The van der Waals surface area contributed by atoms with E-state index in [1.165, 1.54) is 31.2 Å². The molecule has 202 valence electrons. The van der Waals surface area contributed by atoms with Crippen LogP contribution in [0.25, 0.3) is 16.5 Å². The summed E-state index contributed by atoms with van der Waals surface area (Å²) in [5, 5.41) is 28.6. The monoisotopic (exact) mass is 552 g/mol. The van der Waals surface area contributed by atoms with E-state index in [1.807, 2.05) is 59.2 Å². The van der Waals surface area contributed by atoms with Gasteiger partial charge >= 0.3 is 0 Å². The lowest BCUT2D eigenvalue weighted by atomic mass is 10.1. The first kappa shape index (κ1) is 26.8. The molecule has 1 aromatic heterocycles. The zero-order valence-electron chi connectivity index (χ0n) is 22.0. The molecule has 0 aliphatic heterocycles. The van der Waals surface area contributed by atoms with E-state index in [2.05, 4.69) is 44.2 Å². The maximum absolute atomic E-state index is 12.8. The molecule has 40 heavy (non-hydrogen) atoms. The number of hydrogen-bond donors (Lipinski definition) is 3. The summed E-state index contributed by atoms with van der Waals surface area (Å²) in [6.45, 7) is 2.23. The molecular formula is C30H28N6O3S. The van der Waals surface area contributed by atoms with Gasteiger partial charge < -0.3 is 15.2 Å². The molecule has 0 saturated heterocycles. The van der Waals surface area contributed by atoms with Crippen molar-refractivity contribution in [3.63, 3.8) is 0 Å². The number of carbonyl (C=O) groups is 1. The van der Waals surface area contributed by atoms with Gasteiger partial charge in [0.15, 0.2) is 22.5 Å². The number of thioether (sulfide) groups is 1. The molecule has 1 amide bonds. The van der Waals surface area contributed by atoms with Crippen LogP contribution in [0.5, 0.6) is 11.5 Å². The molecule has 10 heteroatoms. The number of methoxy groups -OCH3 is 1. The number of phenols is 1. The number of aromatic nitrogens is 3. The number of anilines is 1. The zero-order valence-corrected chi connectivity index (χ0v) is 22.8. The van der Waals surface area contributed by atoms with Crippen LogP contribution in [0.2, 0.25) is 0 Å². The molecule has 5 aromatic rings. The molecule has 4 aromatic carbocycles. The molecule has 3 N–H and O–H groups in total. The number of nitrogens with zero attached hydrogens (tertiary/aromatic N) is 4. The van der Waals surface area contributed by atoms with Crippen molar-refractivity contribution in [2.75, 3.05) is 12.4 Å². The van der Waals surface area contributed by atoms with Gasteiger partial charge in [-0.3, -0.25) is 9.36 Å². The van der Waals surface area contributed by atoms with Gasteiger partial charge in [-0.2, -0.15) is 5.10 Å². The third-order valence-electron chi connectivity index (χ3n) is 6.18. The van der Waals surface area contributed by atoms with Crippen molar-refractivity contribution in [3.05, 3.63) is 102 Å². The van der Waals surface area contributed by atoms with Crippen LogP contribution < -0.4 is 15.5 Å². The number of hydrogen-bond acceptors (Lipinski definition) is 8. The second-order valence-corrected chi connectivity index (χ2v) is 10.2. The Kier molecular flexibility index (Phi) is 8.26. The number of carbonyl (C=O) groups excluding carboxylic acids is 1. The van der Waals surface area contributed by atoms with Gasteiger partial charge in [-0.05, 0) is 54.3 Å². The van der Waals surface area contributed by atoms with Crippen LogP contribution in [0.1, 0.15) is 18.3 Å². The average Bonchev–Trinajstić information content (AvgIpc) is 3.39. The molecule has 0 fully saturated rings. The number of ether oxygens (including phenoxy) is 1. The van der Waals surface area contributed by atoms with E-state index in [4.69, 9.17) is 4.74 Å². The Morgan fingerprint density at radius 3 is 2.65 bits per heavy atom. The largest absolute Gasteiger partial charge is 0.504 e. The van der Waals surface area contributed by atoms with Crippen LogP contribution >= 0.6 is 11.8 Å². The molecule has 0 radical (unpaired) electrons. The van der Waals surface area contributed by atoms with Gasteiger partial charge in [-0.15, -0.1) is 10.2 Å². The van der Waals surface area contributed by atoms with E-state index < -0.39 is 5.25 Å². The fourth-order valence-corrected chi connectivity index (χ4v) is 5.01. The smallest absolute Gasteiger partial charge is 0.253 e. The lowest BCUT2D eigenvalue weighted by Gasteiger charge is -2.14. The fraction of sp³-hybridized carbons (Fsp3) is 0.133. The maximum Gasteiger partial charge on any atom is 0.253 e. The number of phenolic OH excluding ortho intramolecular Hbond substituents is 1. The van der Waals surface area contributed by atoms with Crippen molar-refractivity contribution in [2.24, 2.45) is 5.10 Å². The standard InChI is InChI=1S/C30H28N6O3S/c1-20(29(38)34-32-18-21-15-16-26(37)27(17-21)39-2)40-30-35-33-28(36(30)23-11-4-3-5-12-23)19-31-25-14-8-10-22-9-6-7-13-24(22)25/h3-18,20,31,37H,19H2,1-2H3,(H,34,38)/b32-18-/t20-/m0/s1. The quantitative estimate of drug-likeness (QED) is 0.121. The van der Waals surface area contributed by atoms with Crippen LogP contribution in [0.4, 0.5) is 5.69 Å². The van der Waals surface area contributed by atoms with Gasteiger partial charge in [0.1, 0.15) is 0 Å². The van der Waals surface area contributed by atoms with Crippen molar-refractivity contribution >= 4 is 40.3 Å². The zero-order chi connectivity index (χ0) is 27.9. The maximum atomic E-state index is 12.8. The van der Waals surface area contributed by atoms with Crippen molar-refractivity contribution < 1.29 is 14.6 Å². The van der Waals surface area contributed by atoms with Gasteiger partial charge in [0, 0.05) is 16.8 Å². The Morgan fingerprint density at radius 1 is 1.05 bits per heavy atom. The minimum absolute atomic E-state index is 0.0305. The van der Waals surface area contributed by atoms with Crippen LogP contribution in [-0.4, -0.2) is 44.4 Å². The molecule has 0 aliphatic carbocycles. The number of aromatic hydroxyl groups is 1. The number of benzene rings is 4. The summed E-state index contributed by atoms with van der Waals surface area (Å²) in [5.74, 6) is 0.784. The van der Waals surface area contributed by atoms with Crippen molar-refractivity contribution in [1.29, 1.82) is 0 Å². The lowest BCUT2D eigenvalue weighted by molar-refractivity contribution is -0.120. The van der Waals surface area contributed by atoms with E-state index in [0.717, 1.165) is 22.1 Å². The van der Waals surface area contributed by atoms with Crippen LogP contribution in [0, 0.1) is 0 Å². The molecule has 0 spiro atoms. The van der Waals surface area contributed by atoms with Crippen LogP contribution in [0.3, 0.4) is 0 Å². The SMILES string of the molecule is COc1cc(/C=N\NC(=O)[C@H](C)Sc2nnc(CNc3cccc4ccccc34)n2-c2ccccc2)ccc1O. The molecule has 0 aliphatic rings. The lowest BCUT2D eigenvalue weighted by Crippen LogP contribution is -2.27. The molecule has 5 rings (SSSR count). The Balaban J connectivity index is 1.31. The average molecular weight is 553 g/mol. The highest BCUT2D eigenvalue weighted by molar-refractivity contribution is 8.00. The summed E-state index contributed by atoms with van der Waals surface area (Å²) in [6, 6.07) is 29.0. The number of amides is 1. The molecule has 1 atom stereocenters. The van der Waals surface area contributed by atoms with Gasteiger partial charge in [-0.1, -0.05) is 66.4 Å². The number of hydrazone groups is 1. The number of rotatable bonds is 10. The second kappa shape index (κ2) is 12.4. The van der Waals surface area contributed by atoms with E-state index in [-0.39, 0.29) is 11.7 Å². The molecule has 0 saturated carbocycles.